The van der Waals surface area contributed by atoms with Crippen LogP contribution in [0.1, 0.15) is 24.0 Å². The van der Waals surface area contributed by atoms with Crippen molar-refractivity contribution < 1.29 is 0 Å². The molecule has 4 nitrogen and oxygen atoms in total. The molecule has 1 atom stereocenters. The molecule has 4 heteroatoms. The van der Waals surface area contributed by atoms with Crippen LogP contribution in [0.3, 0.4) is 0 Å². The number of hydrogen-bond donors (Lipinski definition) is 0. The van der Waals surface area contributed by atoms with Gasteiger partial charge >= 0.3 is 0 Å². The van der Waals surface area contributed by atoms with Crippen LogP contribution in [0.5, 0.6) is 0 Å². The van der Waals surface area contributed by atoms with Gasteiger partial charge in [-0.2, -0.15) is 0 Å². The van der Waals surface area contributed by atoms with E-state index in [0.29, 0.717) is 6.04 Å². The number of pyridine rings is 1. The van der Waals surface area contributed by atoms with Crippen molar-refractivity contribution in [2.45, 2.75) is 32.9 Å². The van der Waals surface area contributed by atoms with Gasteiger partial charge in [0, 0.05) is 43.8 Å². The number of aromatic nitrogens is 3. The van der Waals surface area contributed by atoms with Crippen LogP contribution in [0, 0.1) is 6.92 Å². The molecule has 0 spiro atoms. The normalized spacial score (nSPS) is 12.9. The first-order chi connectivity index (χ1) is 9.06. The van der Waals surface area contributed by atoms with E-state index in [4.69, 9.17) is 0 Å². The molecule has 0 unspecified atom stereocenters. The molecule has 102 valence electrons. The third-order valence-corrected chi connectivity index (χ3v) is 3.54. The first-order valence-electron chi connectivity index (χ1n) is 6.64. The molecule has 0 aliphatic carbocycles. The summed E-state index contributed by atoms with van der Waals surface area (Å²) in [5, 5.41) is 0. The number of nitrogens with zero attached hydrogens (tertiary/aromatic N) is 4. The largest absolute Gasteiger partial charge is 0.337 e. The quantitative estimate of drug-likeness (QED) is 0.824. The van der Waals surface area contributed by atoms with Gasteiger partial charge in [0.25, 0.3) is 0 Å². The molecule has 0 radical (unpaired) electrons. The van der Waals surface area contributed by atoms with Crippen LogP contribution in [0.4, 0.5) is 0 Å². The van der Waals surface area contributed by atoms with Crippen molar-refractivity contribution in [3.05, 3.63) is 47.8 Å². The summed E-state index contributed by atoms with van der Waals surface area (Å²) in [6.45, 7) is 5.19. The average molecular weight is 258 g/mol. The number of rotatable bonds is 5. The molecule has 0 fully saturated rings. The summed E-state index contributed by atoms with van der Waals surface area (Å²) in [5.41, 5.74) is 2.42. The number of imidazole rings is 1. The molecule has 0 saturated carbocycles. The highest BCUT2D eigenvalue weighted by molar-refractivity contribution is 5.15. The lowest BCUT2D eigenvalue weighted by molar-refractivity contribution is 0.239. The average Bonchev–Trinajstić information content (AvgIpc) is 2.75. The van der Waals surface area contributed by atoms with Crippen molar-refractivity contribution >= 4 is 0 Å². The molecule has 0 N–H and O–H groups in total. The molecule has 2 aromatic heterocycles. The molecular formula is C15H22N4. The fraction of sp³-hybridized carbons (Fsp3) is 0.467. The van der Waals surface area contributed by atoms with Crippen LogP contribution in [-0.2, 0) is 20.0 Å². The Labute approximate surface area is 115 Å². The highest BCUT2D eigenvalue weighted by atomic mass is 15.2. The lowest BCUT2D eigenvalue weighted by Gasteiger charge is -2.24. The minimum atomic E-state index is 0.436. The molecule has 0 saturated heterocycles. The topological polar surface area (TPSA) is 34.0 Å². The highest BCUT2D eigenvalue weighted by Gasteiger charge is 2.13. The van der Waals surface area contributed by atoms with Gasteiger partial charge in [0.1, 0.15) is 5.82 Å². The standard InChI is InChI=1S/C15H22N4/c1-12-5-6-16-14(9-12)10-13(2)19(4)11-15-17-7-8-18(15)3/h5-9,13H,10-11H2,1-4H3/t13-/m0/s1. The maximum Gasteiger partial charge on any atom is 0.122 e. The Bertz CT molecular complexity index is 532. The van der Waals surface area contributed by atoms with E-state index in [1.165, 1.54) is 5.56 Å². The summed E-state index contributed by atoms with van der Waals surface area (Å²) >= 11 is 0. The van der Waals surface area contributed by atoms with Crippen molar-refractivity contribution in [3.63, 3.8) is 0 Å². The molecule has 0 aliphatic heterocycles. The van der Waals surface area contributed by atoms with Gasteiger partial charge < -0.3 is 4.57 Å². The van der Waals surface area contributed by atoms with E-state index < -0.39 is 0 Å². The summed E-state index contributed by atoms with van der Waals surface area (Å²) in [7, 11) is 4.16. The summed E-state index contributed by atoms with van der Waals surface area (Å²) in [4.78, 5) is 11.1. The van der Waals surface area contributed by atoms with Crippen molar-refractivity contribution in [3.8, 4) is 0 Å². The smallest absolute Gasteiger partial charge is 0.122 e. The van der Waals surface area contributed by atoms with Crippen molar-refractivity contribution in [1.29, 1.82) is 0 Å². The van der Waals surface area contributed by atoms with Gasteiger partial charge in [-0.3, -0.25) is 9.88 Å². The predicted octanol–water partition coefficient (Wildman–Crippen LogP) is 2.19. The van der Waals surface area contributed by atoms with Gasteiger partial charge in [0.2, 0.25) is 0 Å². The second-order valence-corrected chi connectivity index (χ2v) is 5.25. The van der Waals surface area contributed by atoms with E-state index in [2.05, 4.69) is 46.4 Å². The number of hydrogen-bond acceptors (Lipinski definition) is 3. The summed E-state index contributed by atoms with van der Waals surface area (Å²) in [6, 6.07) is 4.63. The summed E-state index contributed by atoms with van der Waals surface area (Å²) in [5.74, 6) is 1.09. The Morgan fingerprint density at radius 1 is 1.32 bits per heavy atom. The molecular weight excluding hydrogens is 236 g/mol. The van der Waals surface area contributed by atoms with E-state index >= 15 is 0 Å². The molecule has 2 rings (SSSR count). The lowest BCUT2D eigenvalue weighted by atomic mass is 10.1. The zero-order valence-corrected chi connectivity index (χ0v) is 12.2. The third-order valence-electron chi connectivity index (χ3n) is 3.54. The van der Waals surface area contributed by atoms with Gasteiger partial charge in [0.05, 0.1) is 6.54 Å². The second-order valence-electron chi connectivity index (χ2n) is 5.25. The monoisotopic (exact) mass is 258 g/mol. The predicted molar refractivity (Wildman–Crippen MR) is 76.8 cm³/mol. The molecule has 0 aromatic carbocycles. The van der Waals surface area contributed by atoms with E-state index in [-0.39, 0.29) is 0 Å². The molecule has 2 heterocycles. The molecule has 0 amide bonds. The van der Waals surface area contributed by atoms with Gasteiger partial charge in [-0.05, 0) is 38.6 Å². The number of likely N-dealkylation sites (N-methyl/N-ethyl adjacent to an activating group) is 1. The molecule has 0 bridgehead atoms. The van der Waals surface area contributed by atoms with E-state index in [9.17, 15) is 0 Å². The minimum absolute atomic E-state index is 0.436. The maximum absolute atomic E-state index is 4.43. The zero-order chi connectivity index (χ0) is 13.8. The van der Waals surface area contributed by atoms with Crippen LogP contribution >= 0.6 is 0 Å². The van der Waals surface area contributed by atoms with Crippen LogP contribution < -0.4 is 0 Å². The van der Waals surface area contributed by atoms with Gasteiger partial charge in [-0.25, -0.2) is 4.98 Å². The first kappa shape index (κ1) is 13.7. The fourth-order valence-corrected chi connectivity index (χ4v) is 2.10. The summed E-state index contributed by atoms with van der Waals surface area (Å²) in [6.07, 6.45) is 6.67. The van der Waals surface area contributed by atoms with Crippen LogP contribution in [0.25, 0.3) is 0 Å². The lowest BCUT2D eigenvalue weighted by Crippen LogP contribution is -2.31. The van der Waals surface area contributed by atoms with Gasteiger partial charge in [0.15, 0.2) is 0 Å². The Balaban J connectivity index is 1.96. The first-order valence-corrected chi connectivity index (χ1v) is 6.64. The molecule has 19 heavy (non-hydrogen) atoms. The molecule has 0 aliphatic rings. The maximum atomic E-state index is 4.43. The van der Waals surface area contributed by atoms with E-state index in [0.717, 1.165) is 24.5 Å². The van der Waals surface area contributed by atoms with Gasteiger partial charge in [-0.1, -0.05) is 0 Å². The van der Waals surface area contributed by atoms with Crippen molar-refractivity contribution in [2.75, 3.05) is 7.05 Å². The molecule has 2 aromatic rings. The Hall–Kier alpha value is -1.68. The minimum Gasteiger partial charge on any atom is -0.337 e. The number of aryl methyl sites for hydroxylation is 2. The Morgan fingerprint density at radius 3 is 2.74 bits per heavy atom. The zero-order valence-electron chi connectivity index (χ0n) is 12.2. The van der Waals surface area contributed by atoms with Crippen LogP contribution in [0.15, 0.2) is 30.7 Å². The second kappa shape index (κ2) is 5.97. The van der Waals surface area contributed by atoms with Crippen LogP contribution in [-0.4, -0.2) is 32.5 Å². The summed E-state index contributed by atoms with van der Waals surface area (Å²) < 4.78 is 2.06. The Morgan fingerprint density at radius 2 is 2.11 bits per heavy atom. The van der Waals surface area contributed by atoms with Crippen LogP contribution in [0.2, 0.25) is 0 Å². The van der Waals surface area contributed by atoms with Gasteiger partial charge in [-0.15, -0.1) is 0 Å². The van der Waals surface area contributed by atoms with E-state index in [1.807, 2.05) is 31.7 Å². The highest BCUT2D eigenvalue weighted by Crippen LogP contribution is 2.09. The third kappa shape index (κ3) is 3.64. The Kier molecular flexibility index (Phi) is 4.32. The fourth-order valence-electron chi connectivity index (χ4n) is 2.10. The van der Waals surface area contributed by atoms with E-state index in [1.54, 1.807) is 0 Å². The SMILES string of the molecule is Cc1ccnc(C[C@H](C)N(C)Cc2nccn2C)c1. The van der Waals surface area contributed by atoms with Crippen molar-refractivity contribution in [1.82, 2.24) is 19.4 Å². The van der Waals surface area contributed by atoms with Crippen molar-refractivity contribution in [2.24, 2.45) is 7.05 Å².